The topological polar surface area (TPSA) is 55.8 Å². The molecule has 132 valence electrons. The van der Waals surface area contributed by atoms with E-state index in [2.05, 4.69) is 22.0 Å². The molecule has 5 heteroatoms. The van der Waals surface area contributed by atoms with Crippen LogP contribution in [-0.4, -0.2) is 65.2 Å². The zero-order valence-corrected chi connectivity index (χ0v) is 14.7. The molecule has 1 heterocycles. The zero-order valence-electron chi connectivity index (χ0n) is 14.7. The Labute approximate surface area is 144 Å². The molecule has 1 aromatic rings. The zero-order chi connectivity index (χ0) is 17.1. The number of hydrogen-bond acceptors (Lipinski definition) is 4. The second-order valence-corrected chi connectivity index (χ2v) is 7.28. The third-order valence-corrected chi connectivity index (χ3v) is 4.95. The first-order valence-electron chi connectivity index (χ1n) is 9.06. The first kappa shape index (κ1) is 17.4. The van der Waals surface area contributed by atoms with Gasteiger partial charge in [-0.15, -0.1) is 0 Å². The van der Waals surface area contributed by atoms with Gasteiger partial charge in [0.05, 0.1) is 6.10 Å². The van der Waals surface area contributed by atoms with Gasteiger partial charge in [0.25, 0.3) is 0 Å². The van der Waals surface area contributed by atoms with Gasteiger partial charge in [-0.2, -0.15) is 0 Å². The van der Waals surface area contributed by atoms with Gasteiger partial charge in [0, 0.05) is 38.3 Å². The third-order valence-electron chi connectivity index (χ3n) is 4.95. The van der Waals surface area contributed by atoms with Gasteiger partial charge in [-0.25, -0.2) is 0 Å². The van der Waals surface area contributed by atoms with Crippen molar-refractivity contribution in [3.63, 3.8) is 0 Å². The Hall–Kier alpha value is -1.43. The Kier molecular flexibility index (Phi) is 5.54. The third kappa shape index (κ3) is 4.35. The highest BCUT2D eigenvalue weighted by molar-refractivity contribution is 5.83. The van der Waals surface area contributed by atoms with Crippen molar-refractivity contribution < 1.29 is 9.90 Å². The molecule has 24 heavy (non-hydrogen) atoms. The summed E-state index contributed by atoms with van der Waals surface area (Å²) in [5, 5.41) is 12.8. The molecule has 3 rings (SSSR count). The molecule has 1 aliphatic carbocycles. The number of nitrogens with one attached hydrogen (secondary N) is 1. The number of carbonyl (C=O) groups excluding carboxylic acids is 1. The van der Waals surface area contributed by atoms with E-state index in [-0.39, 0.29) is 18.1 Å². The van der Waals surface area contributed by atoms with Crippen molar-refractivity contribution in [2.75, 3.05) is 26.2 Å². The predicted octanol–water partition coefficient (Wildman–Crippen LogP) is 1.39. The maximum atomic E-state index is 12.9. The van der Waals surface area contributed by atoms with E-state index >= 15 is 0 Å². The quantitative estimate of drug-likeness (QED) is 0.827. The number of aliphatic hydroxyl groups is 1. The number of β-amino-alcohol motifs (C(OH)–C–C–N with tert-alkyl or cyclic N) is 1. The van der Waals surface area contributed by atoms with Crippen molar-refractivity contribution in [2.45, 2.75) is 50.9 Å². The van der Waals surface area contributed by atoms with Crippen molar-refractivity contribution in [3.8, 4) is 0 Å². The fourth-order valence-corrected chi connectivity index (χ4v) is 3.54. The lowest BCUT2D eigenvalue weighted by molar-refractivity contribution is -0.128. The highest BCUT2D eigenvalue weighted by atomic mass is 16.3. The first-order chi connectivity index (χ1) is 11.5. The van der Waals surface area contributed by atoms with Gasteiger partial charge in [0.1, 0.15) is 6.04 Å². The lowest BCUT2D eigenvalue weighted by Crippen LogP contribution is -2.56. The SMILES string of the molecule is CC(O)CN1CCN(C(C(=O)NC2CC2)c2ccccc2)CC1C. The van der Waals surface area contributed by atoms with Crippen LogP contribution >= 0.6 is 0 Å². The first-order valence-corrected chi connectivity index (χ1v) is 9.06. The number of rotatable bonds is 6. The van der Waals surface area contributed by atoms with E-state index in [4.69, 9.17) is 0 Å². The van der Waals surface area contributed by atoms with Gasteiger partial charge >= 0.3 is 0 Å². The number of aliphatic hydroxyl groups excluding tert-OH is 1. The van der Waals surface area contributed by atoms with E-state index in [0.717, 1.165) is 38.0 Å². The van der Waals surface area contributed by atoms with Gasteiger partial charge in [-0.3, -0.25) is 14.6 Å². The van der Waals surface area contributed by atoms with Crippen LogP contribution in [0.5, 0.6) is 0 Å². The Balaban J connectivity index is 1.72. The van der Waals surface area contributed by atoms with Crippen molar-refractivity contribution in [1.29, 1.82) is 0 Å². The summed E-state index contributed by atoms with van der Waals surface area (Å²) in [6, 6.07) is 10.6. The monoisotopic (exact) mass is 331 g/mol. The Morgan fingerprint density at radius 2 is 2.00 bits per heavy atom. The summed E-state index contributed by atoms with van der Waals surface area (Å²) in [6.45, 7) is 7.26. The smallest absolute Gasteiger partial charge is 0.242 e. The maximum Gasteiger partial charge on any atom is 0.242 e. The average Bonchev–Trinajstić information content (AvgIpc) is 3.35. The van der Waals surface area contributed by atoms with Crippen molar-refractivity contribution in [3.05, 3.63) is 35.9 Å². The van der Waals surface area contributed by atoms with Crippen LogP contribution in [0, 0.1) is 0 Å². The molecule has 1 saturated carbocycles. The molecule has 1 amide bonds. The molecule has 0 aromatic heterocycles. The molecule has 2 N–H and O–H groups in total. The molecule has 2 fully saturated rings. The molecule has 0 spiro atoms. The highest BCUT2D eigenvalue weighted by Crippen LogP contribution is 2.27. The number of benzene rings is 1. The van der Waals surface area contributed by atoms with Crippen LogP contribution < -0.4 is 5.32 Å². The minimum absolute atomic E-state index is 0.125. The van der Waals surface area contributed by atoms with Crippen LogP contribution in [0.15, 0.2) is 30.3 Å². The molecule has 3 unspecified atom stereocenters. The summed E-state index contributed by atoms with van der Waals surface area (Å²) in [6.07, 6.45) is 1.89. The van der Waals surface area contributed by atoms with Crippen molar-refractivity contribution in [2.24, 2.45) is 0 Å². The standard InChI is InChI=1S/C19H29N3O2/c1-14-12-22(11-10-21(14)13-15(2)23)18(16-6-4-3-5-7-16)19(24)20-17-8-9-17/h3-7,14-15,17-18,23H,8-13H2,1-2H3,(H,20,24). The number of nitrogens with zero attached hydrogens (tertiary/aromatic N) is 2. The van der Waals surface area contributed by atoms with Gasteiger partial charge in [-0.05, 0) is 32.3 Å². The van der Waals surface area contributed by atoms with Crippen LogP contribution in [0.4, 0.5) is 0 Å². The molecule has 1 aliphatic heterocycles. The summed E-state index contributed by atoms with van der Waals surface area (Å²) in [7, 11) is 0. The van der Waals surface area contributed by atoms with Gasteiger partial charge in [0.15, 0.2) is 0 Å². The van der Waals surface area contributed by atoms with E-state index in [1.807, 2.05) is 37.3 Å². The van der Waals surface area contributed by atoms with Gasteiger partial charge < -0.3 is 10.4 Å². The molecule has 2 aliphatic rings. The largest absolute Gasteiger partial charge is 0.392 e. The fraction of sp³-hybridized carbons (Fsp3) is 0.632. The lowest BCUT2D eigenvalue weighted by atomic mass is 10.0. The molecule has 3 atom stereocenters. The van der Waals surface area contributed by atoms with Gasteiger partial charge in [0.2, 0.25) is 5.91 Å². The summed E-state index contributed by atoms with van der Waals surface area (Å²) >= 11 is 0. The average molecular weight is 331 g/mol. The molecule has 1 aromatic carbocycles. The Bertz CT molecular complexity index is 545. The minimum atomic E-state index is -0.318. The fourth-order valence-electron chi connectivity index (χ4n) is 3.54. The lowest BCUT2D eigenvalue weighted by Gasteiger charge is -2.43. The molecule has 1 saturated heterocycles. The number of piperazine rings is 1. The van der Waals surface area contributed by atoms with E-state index in [9.17, 15) is 9.90 Å². The Morgan fingerprint density at radius 3 is 2.58 bits per heavy atom. The molecular weight excluding hydrogens is 302 g/mol. The van der Waals surface area contributed by atoms with Crippen LogP contribution in [0.3, 0.4) is 0 Å². The Morgan fingerprint density at radius 1 is 1.29 bits per heavy atom. The van der Waals surface area contributed by atoms with E-state index < -0.39 is 0 Å². The molecule has 5 nitrogen and oxygen atoms in total. The van der Waals surface area contributed by atoms with Crippen molar-refractivity contribution >= 4 is 5.91 Å². The van der Waals surface area contributed by atoms with Crippen LogP contribution in [-0.2, 0) is 4.79 Å². The number of hydrogen-bond donors (Lipinski definition) is 2. The van der Waals surface area contributed by atoms with E-state index in [1.54, 1.807) is 0 Å². The van der Waals surface area contributed by atoms with E-state index in [0.29, 0.717) is 18.6 Å². The second kappa shape index (κ2) is 7.64. The van der Waals surface area contributed by atoms with Crippen LogP contribution in [0.1, 0.15) is 38.3 Å². The number of carbonyl (C=O) groups is 1. The molecule has 0 radical (unpaired) electrons. The van der Waals surface area contributed by atoms with Crippen LogP contribution in [0.2, 0.25) is 0 Å². The maximum absolute atomic E-state index is 12.9. The minimum Gasteiger partial charge on any atom is -0.392 e. The summed E-state index contributed by atoms with van der Waals surface area (Å²) in [4.78, 5) is 17.4. The van der Waals surface area contributed by atoms with Crippen LogP contribution in [0.25, 0.3) is 0 Å². The van der Waals surface area contributed by atoms with Crippen molar-refractivity contribution in [1.82, 2.24) is 15.1 Å². The van der Waals surface area contributed by atoms with E-state index in [1.165, 1.54) is 0 Å². The molecular formula is C19H29N3O2. The number of amides is 1. The summed E-state index contributed by atoms with van der Waals surface area (Å²) in [5.74, 6) is 0.125. The second-order valence-electron chi connectivity index (χ2n) is 7.28. The predicted molar refractivity (Wildman–Crippen MR) is 94.6 cm³/mol. The van der Waals surface area contributed by atoms with Gasteiger partial charge in [-0.1, -0.05) is 30.3 Å². The molecule has 0 bridgehead atoms. The normalized spacial score (nSPS) is 25.2. The summed E-state index contributed by atoms with van der Waals surface area (Å²) < 4.78 is 0. The highest BCUT2D eigenvalue weighted by Gasteiger charge is 2.35. The summed E-state index contributed by atoms with van der Waals surface area (Å²) in [5.41, 5.74) is 1.06.